The van der Waals surface area contributed by atoms with Gasteiger partial charge in [0.05, 0.1) is 12.5 Å². The monoisotopic (exact) mass is 295 g/mol. The van der Waals surface area contributed by atoms with Crippen LogP contribution in [0.15, 0.2) is 30.3 Å². The zero-order valence-electron chi connectivity index (χ0n) is 12.3. The normalized spacial score (nSPS) is 11.7. The molecule has 1 aromatic rings. The second-order valence-electron chi connectivity index (χ2n) is 4.73. The number of rotatable bonds is 9. The van der Waals surface area contributed by atoms with Crippen molar-refractivity contribution in [1.29, 1.82) is 0 Å². The quantitative estimate of drug-likeness (QED) is 0.694. The first-order chi connectivity index (χ1) is 10.0. The summed E-state index contributed by atoms with van der Waals surface area (Å²) in [6.45, 7) is 2.29. The van der Waals surface area contributed by atoms with Crippen LogP contribution in [0.25, 0.3) is 0 Å². The summed E-state index contributed by atoms with van der Waals surface area (Å²) in [7, 11) is 1.56. The van der Waals surface area contributed by atoms with E-state index < -0.39 is 11.9 Å². The van der Waals surface area contributed by atoms with Crippen LogP contribution < -0.4 is 4.74 Å². The van der Waals surface area contributed by atoms with Gasteiger partial charge in [-0.05, 0) is 12.1 Å². The third-order valence-corrected chi connectivity index (χ3v) is 2.86. The van der Waals surface area contributed by atoms with Crippen molar-refractivity contribution in [2.24, 2.45) is 5.92 Å². The van der Waals surface area contributed by atoms with E-state index in [9.17, 15) is 9.59 Å². The lowest BCUT2D eigenvalue weighted by Crippen LogP contribution is -2.36. The molecule has 1 N–H and O–H groups in total. The lowest BCUT2D eigenvalue weighted by molar-refractivity contribution is -0.143. The molecule has 0 saturated carbocycles. The predicted octanol–water partition coefficient (Wildman–Crippen LogP) is 1.26. The van der Waals surface area contributed by atoms with E-state index in [1.807, 2.05) is 30.3 Å². The van der Waals surface area contributed by atoms with Crippen LogP contribution in [0.3, 0.4) is 0 Å². The highest BCUT2D eigenvalue weighted by Crippen LogP contribution is 2.07. The summed E-state index contributed by atoms with van der Waals surface area (Å²) >= 11 is 0. The van der Waals surface area contributed by atoms with Gasteiger partial charge in [0.1, 0.15) is 19.0 Å². The molecule has 0 spiro atoms. The SMILES string of the molecule is CC(CN(C)C(=O)COCCOc1ccccc1)C(=O)O. The molecule has 1 unspecified atom stereocenters. The number of carboxylic acid groups (broad SMARTS) is 1. The third-order valence-electron chi connectivity index (χ3n) is 2.86. The number of carboxylic acids is 1. The molecule has 6 nitrogen and oxygen atoms in total. The Kier molecular flexibility index (Phi) is 7.25. The Hall–Kier alpha value is -2.08. The molecule has 1 atom stereocenters. The molecule has 0 aliphatic carbocycles. The maximum atomic E-state index is 11.7. The molecule has 0 bridgehead atoms. The largest absolute Gasteiger partial charge is 0.491 e. The number of hydrogen-bond acceptors (Lipinski definition) is 4. The molecule has 21 heavy (non-hydrogen) atoms. The van der Waals surface area contributed by atoms with Crippen LogP contribution in [0.5, 0.6) is 5.75 Å². The molecule has 1 aromatic carbocycles. The molecule has 0 heterocycles. The first-order valence-corrected chi connectivity index (χ1v) is 6.73. The topological polar surface area (TPSA) is 76.1 Å². The highest BCUT2D eigenvalue weighted by Gasteiger charge is 2.17. The van der Waals surface area contributed by atoms with Gasteiger partial charge in [-0.25, -0.2) is 0 Å². The van der Waals surface area contributed by atoms with Crippen molar-refractivity contribution >= 4 is 11.9 Å². The van der Waals surface area contributed by atoms with Gasteiger partial charge in [-0.15, -0.1) is 0 Å². The molecular formula is C15H21NO5. The highest BCUT2D eigenvalue weighted by atomic mass is 16.5. The van der Waals surface area contributed by atoms with E-state index in [0.717, 1.165) is 5.75 Å². The van der Waals surface area contributed by atoms with Gasteiger partial charge >= 0.3 is 5.97 Å². The summed E-state index contributed by atoms with van der Waals surface area (Å²) < 4.78 is 10.6. The van der Waals surface area contributed by atoms with E-state index in [1.54, 1.807) is 14.0 Å². The Labute approximate surface area is 124 Å². The summed E-state index contributed by atoms with van der Waals surface area (Å²) in [5.41, 5.74) is 0. The van der Waals surface area contributed by atoms with Crippen LogP contribution in [0, 0.1) is 5.92 Å². The zero-order valence-corrected chi connectivity index (χ0v) is 12.3. The van der Waals surface area contributed by atoms with Crippen LogP contribution in [0.2, 0.25) is 0 Å². The molecule has 0 saturated heterocycles. The molecule has 0 radical (unpaired) electrons. The first-order valence-electron chi connectivity index (χ1n) is 6.73. The van der Waals surface area contributed by atoms with Gasteiger partial charge in [0.15, 0.2) is 0 Å². The summed E-state index contributed by atoms with van der Waals surface area (Å²) in [5, 5.41) is 8.78. The lowest BCUT2D eigenvalue weighted by Gasteiger charge is -2.19. The Morgan fingerprint density at radius 3 is 2.52 bits per heavy atom. The minimum absolute atomic E-state index is 0.0824. The van der Waals surface area contributed by atoms with E-state index in [2.05, 4.69) is 0 Å². The van der Waals surface area contributed by atoms with Crippen LogP contribution in [0.4, 0.5) is 0 Å². The molecule has 1 rings (SSSR count). The number of para-hydroxylation sites is 1. The number of ether oxygens (including phenoxy) is 2. The van der Waals surface area contributed by atoms with Crippen molar-refractivity contribution in [2.75, 3.05) is 33.4 Å². The molecule has 0 aliphatic rings. The number of hydrogen-bond donors (Lipinski definition) is 1. The number of aliphatic carboxylic acids is 1. The van der Waals surface area contributed by atoms with Crippen LogP contribution in [-0.2, 0) is 14.3 Å². The van der Waals surface area contributed by atoms with Gasteiger partial charge in [-0.3, -0.25) is 9.59 Å². The smallest absolute Gasteiger partial charge is 0.308 e. The molecule has 1 amide bonds. The van der Waals surface area contributed by atoms with E-state index in [1.165, 1.54) is 4.90 Å². The summed E-state index contributed by atoms with van der Waals surface area (Å²) in [5.74, 6) is -1.02. The Balaban J connectivity index is 2.14. The fourth-order valence-corrected chi connectivity index (χ4v) is 1.60. The standard InChI is InChI=1S/C15H21NO5/c1-12(15(18)19)10-16(2)14(17)11-20-8-9-21-13-6-4-3-5-7-13/h3-7,12H,8-11H2,1-2H3,(H,18,19). The van der Waals surface area contributed by atoms with E-state index >= 15 is 0 Å². The average Bonchev–Trinajstić information content (AvgIpc) is 2.47. The molecule has 6 heteroatoms. The molecular weight excluding hydrogens is 274 g/mol. The number of nitrogens with zero attached hydrogens (tertiary/aromatic N) is 1. The van der Waals surface area contributed by atoms with Crippen molar-refractivity contribution in [2.45, 2.75) is 6.92 Å². The van der Waals surface area contributed by atoms with Crippen molar-refractivity contribution in [3.63, 3.8) is 0 Å². The molecule has 0 aromatic heterocycles. The van der Waals surface area contributed by atoms with Gasteiger partial charge in [-0.2, -0.15) is 0 Å². The molecule has 116 valence electrons. The zero-order chi connectivity index (χ0) is 15.7. The van der Waals surface area contributed by atoms with Gasteiger partial charge in [-0.1, -0.05) is 25.1 Å². The number of likely N-dealkylation sites (N-methyl/N-ethyl adjacent to an activating group) is 1. The Morgan fingerprint density at radius 2 is 1.90 bits per heavy atom. The van der Waals surface area contributed by atoms with E-state index in [4.69, 9.17) is 14.6 Å². The Bertz CT molecular complexity index is 449. The van der Waals surface area contributed by atoms with Crippen molar-refractivity contribution in [3.8, 4) is 5.75 Å². The number of carbonyl (C=O) groups is 2. The first kappa shape index (κ1) is 17.0. The number of benzene rings is 1. The van der Waals surface area contributed by atoms with E-state index in [-0.39, 0.29) is 19.1 Å². The van der Waals surface area contributed by atoms with Gasteiger partial charge in [0, 0.05) is 13.6 Å². The summed E-state index contributed by atoms with van der Waals surface area (Å²) in [4.78, 5) is 23.8. The predicted molar refractivity (Wildman–Crippen MR) is 77.2 cm³/mol. The highest BCUT2D eigenvalue weighted by molar-refractivity contribution is 5.78. The second kappa shape index (κ2) is 8.97. The fourth-order valence-electron chi connectivity index (χ4n) is 1.60. The minimum atomic E-state index is -0.924. The second-order valence-corrected chi connectivity index (χ2v) is 4.73. The van der Waals surface area contributed by atoms with Gasteiger partial charge < -0.3 is 19.5 Å². The molecule has 0 fully saturated rings. The third kappa shape index (κ3) is 6.76. The maximum Gasteiger partial charge on any atom is 0.308 e. The van der Waals surface area contributed by atoms with Crippen molar-refractivity contribution in [1.82, 2.24) is 4.90 Å². The minimum Gasteiger partial charge on any atom is -0.491 e. The molecule has 0 aliphatic heterocycles. The van der Waals surface area contributed by atoms with Crippen molar-refractivity contribution < 1.29 is 24.2 Å². The van der Waals surface area contributed by atoms with Crippen LogP contribution in [-0.4, -0.2) is 55.3 Å². The van der Waals surface area contributed by atoms with Crippen molar-refractivity contribution in [3.05, 3.63) is 30.3 Å². The average molecular weight is 295 g/mol. The summed E-state index contributed by atoms with van der Waals surface area (Å²) in [6, 6.07) is 9.32. The van der Waals surface area contributed by atoms with Gasteiger partial charge in [0.2, 0.25) is 5.91 Å². The fraction of sp³-hybridized carbons (Fsp3) is 0.467. The number of amides is 1. The number of carbonyl (C=O) groups excluding carboxylic acids is 1. The maximum absolute atomic E-state index is 11.7. The Morgan fingerprint density at radius 1 is 1.24 bits per heavy atom. The van der Waals surface area contributed by atoms with E-state index in [0.29, 0.717) is 13.2 Å². The summed E-state index contributed by atoms with van der Waals surface area (Å²) in [6.07, 6.45) is 0. The van der Waals surface area contributed by atoms with Gasteiger partial charge in [0.25, 0.3) is 0 Å². The lowest BCUT2D eigenvalue weighted by atomic mass is 10.2. The van der Waals surface area contributed by atoms with Crippen LogP contribution >= 0.6 is 0 Å². The van der Waals surface area contributed by atoms with Crippen LogP contribution in [0.1, 0.15) is 6.92 Å².